The van der Waals surface area contributed by atoms with Crippen LogP contribution in [0.25, 0.3) is 5.69 Å². The van der Waals surface area contributed by atoms with E-state index in [0.29, 0.717) is 18.2 Å². The van der Waals surface area contributed by atoms with Gasteiger partial charge in [0.05, 0.1) is 5.69 Å². The molecule has 6 heteroatoms. The van der Waals surface area contributed by atoms with Crippen LogP contribution in [0.15, 0.2) is 53.6 Å². The molecule has 21 heavy (non-hydrogen) atoms. The van der Waals surface area contributed by atoms with E-state index in [0.717, 1.165) is 11.3 Å². The quantitative estimate of drug-likeness (QED) is 0.765. The minimum atomic E-state index is -0.162. The highest BCUT2D eigenvalue weighted by Crippen LogP contribution is 2.14. The Morgan fingerprint density at radius 3 is 2.90 bits per heavy atom. The third-order valence-corrected chi connectivity index (χ3v) is 3.06. The largest absolute Gasteiger partial charge is 0.366 e. The Bertz CT molecular complexity index is 792. The number of para-hydroxylation sites is 1. The average molecular weight is 281 g/mol. The Hall–Kier alpha value is -2.89. The summed E-state index contributed by atoms with van der Waals surface area (Å²) in [4.78, 5) is 18.3. The van der Waals surface area contributed by atoms with Crippen molar-refractivity contribution < 1.29 is 0 Å². The monoisotopic (exact) mass is 281 g/mol. The molecule has 2 N–H and O–H groups in total. The summed E-state index contributed by atoms with van der Waals surface area (Å²) in [5.74, 6) is 1.15. The van der Waals surface area contributed by atoms with E-state index < -0.39 is 0 Å². The van der Waals surface area contributed by atoms with Crippen molar-refractivity contribution in [3.05, 3.63) is 70.5 Å². The molecule has 0 saturated carbocycles. The molecule has 106 valence electrons. The van der Waals surface area contributed by atoms with Gasteiger partial charge in [-0.1, -0.05) is 18.2 Å². The summed E-state index contributed by atoms with van der Waals surface area (Å²) >= 11 is 0. The molecule has 0 saturated heterocycles. The normalized spacial score (nSPS) is 10.5. The summed E-state index contributed by atoms with van der Waals surface area (Å²) in [6.45, 7) is 2.32. The molecule has 3 rings (SSSR count). The van der Waals surface area contributed by atoms with Gasteiger partial charge in [0.2, 0.25) is 0 Å². The first-order chi connectivity index (χ1) is 10.2. The van der Waals surface area contributed by atoms with Crippen LogP contribution in [0.3, 0.4) is 0 Å². The van der Waals surface area contributed by atoms with Crippen LogP contribution in [0.4, 0.5) is 5.82 Å². The first kappa shape index (κ1) is 13.1. The van der Waals surface area contributed by atoms with Crippen molar-refractivity contribution in [3.63, 3.8) is 0 Å². The van der Waals surface area contributed by atoms with Crippen LogP contribution in [0.5, 0.6) is 0 Å². The topological polar surface area (TPSA) is 75.6 Å². The molecule has 2 aromatic heterocycles. The maximum absolute atomic E-state index is 11.4. The highest BCUT2D eigenvalue weighted by Gasteiger charge is 2.05. The van der Waals surface area contributed by atoms with Gasteiger partial charge >= 0.3 is 0 Å². The van der Waals surface area contributed by atoms with E-state index in [4.69, 9.17) is 0 Å². The summed E-state index contributed by atoms with van der Waals surface area (Å²) in [5.41, 5.74) is 1.91. The molecule has 6 nitrogen and oxygen atoms in total. The zero-order chi connectivity index (χ0) is 14.7. The molecule has 2 heterocycles. The number of aromatic nitrogens is 4. The first-order valence-corrected chi connectivity index (χ1v) is 6.62. The van der Waals surface area contributed by atoms with Crippen LogP contribution in [-0.4, -0.2) is 19.7 Å². The fourth-order valence-electron chi connectivity index (χ4n) is 2.15. The van der Waals surface area contributed by atoms with Crippen LogP contribution in [0.2, 0.25) is 0 Å². The van der Waals surface area contributed by atoms with Gasteiger partial charge < -0.3 is 10.3 Å². The lowest BCUT2D eigenvalue weighted by atomic mass is 10.2. The van der Waals surface area contributed by atoms with Crippen molar-refractivity contribution >= 4 is 5.82 Å². The second kappa shape index (κ2) is 5.62. The lowest BCUT2D eigenvalue weighted by Gasteiger charge is -2.11. The SMILES string of the molecule is Cc1nc(NCc2ccccc2-n2cccn2)cc(=O)[nH]1. The van der Waals surface area contributed by atoms with Gasteiger partial charge in [0.1, 0.15) is 11.6 Å². The van der Waals surface area contributed by atoms with E-state index in [-0.39, 0.29) is 5.56 Å². The van der Waals surface area contributed by atoms with Crippen LogP contribution >= 0.6 is 0 Å². The van der Waals surface area contributed by atoms with Gasteiger partial charge in [-0.25, -0.2) is 9.67 Å². The molecule has 0 amide bonds. The van der Waals surface area contributed by atoms with Crippen molar-refractivity contribution in [2.45, 2.75) is 13.5 Å². The molecule has 0 aliphatic carbocycles. The molecule has 0 bridgehead atoms. The van der Waals surface area contributed by atoms with E-state index in [9.17, 15) is 4.79 Å². The van der Waals surface area contributed by atoms with Crippen LogP contribution in [0, 0.1) is 6.92 Å². The maximum Gasteiger partial charge on any atom is 0.252 e. The van der Waals surface area contributed by atoms with Gasteiger partial charge in [-0.3, -0.25) is 4.79 Å². The number of anilines is 1. The Kier molecular flexibility index (Phi) is 3.51. The first-order valence-electron chi connectivity index (χ1n) is 6.62. The van der Waals surface area contributed by atoms with Gasteiger partial charge in [0, 0.05) is 25.0 Å². The molecule has 0 aliphatic heterocycles. The van der Waals surface area contributed by atoms with Crippen LogP contribution in [0.1, 0.15) is 11.4 Å². The number of aryl methyl sites for hydroxylation is 1. The highest BCUT2D eigenvalue weighted by atomic mass is 16.1. The van der Waals surface area contributed by atoms with Crippen molar-refractivity contribution in [3.8, 4) is 5.69 Å². The molecule has 0 radical (unpaired) electrons. The fourth-order valence-corrected chi connectivity index (χ4v) is 2.15. The van der Waals surface area contributed by atoms with E-state index in [1.54, 1.807) is 13.1 Å². The van der Waals surface area contributed by atoms with E-state index in [1.807, 2.05) is 41.2 Å². The third-order valence-electron chi connectivity index (χ3n) is 3.06. The molecule has 0 spiro atoms. The van der Waals surface area contributed by atoms with Gasteiger partial charge in [0.25, 0.3) is 5.56 Å². The number of aromatic amines is 1. The molecular formula is C15H15N5O. The summed E-state index contributed by atoms with van der Waals surface area (Å²) in [6.07, 6.45) is 3.64. The zero-order valence-electron chi connectivity index (χ0n) is 11.6. The smallest absolute Gasteiger partial charge is 0.252 e. The fraction of sp³-hybridized carbons (Fsp3) is 0.133. The van der Waals surface area contributed by atoms with Crippen LogP contribution < -0.4 is 10.9 Å². The van der Waals surface area contributed by atoms with Crippen molar-refractivity contribution in [2.75, 3.05) is 5.32 Å². The Morgan fingerprint density at radius 1 is 1.29 bits per heavy atom. The summed E-state index contributed by atoms with van der Waals surface area (Å²) < 4.78 is 1.81. The predicted octanol–water partition coefficient (Wildman–Crippen LogP) is 1.88. The predicted molar refractivity (Wildman–Crippen MR) is 80.5 cm³/mol. The van der Waals surface area contributed by atoms with E-state index in [2.05, 4.69) is 20.4 Å². The highest BCUT2D eigenvalue weighted by molar-refractivity contribution is 5.43. The number of H-pyrrole nitrogens is 1. The summed E-state index contributed by atoms with van der Waals surface area (Å²) in [6, 6.07) is 11.3. The number of rotatable bonds is 4. The number of hydrogen-bond acceptors (Lipinski definition) is 4. The Labute approximate surface area is 121 Å². The zero-order valence-corrected chi connectivity index (χ0v) is 11.6. The van der Waals surface area contributed by atoms with Gasteiger partial charge in [-0.05, 0) is 24.6 Å². The van der Waals surface area contributed by atoms with Gasteiger partial charge in [0.15, 0.2) is 0 Å². The molecule has 3 aromatic rings. The molecule has 0 unspecified atom stereocenters. The van der Waals surface area contributed by atoms with Crippen molar-refractivity contribution in [1.29, 1.82) is 0 Å². The lowest BCUT2D eigenvalue weighted by molar-refractivity contribution is 0.862. The maximum atomic E-state index is 11.4. The van der Waals surface area contributed by atoms with Crippen molar-refractivity contribution in [2.24, 2.45) is 0 Å². The minimum Gasteiger partial charge on any atom is -0.366 e. The molecule has 0 fully saturated rings. The standard InChI is InChI=1S/C15H15N5O/c1-11-18-14(9-15(21)19-11)16-10-12-5-2-3-6-13(12)20-8-4-7-17-20/h2-9H,10H2,1H3,(H2,16,18,19,21). The van der Waals surface area contributed by atoms with E-state index in [1.165, 1.54) is 6.07 Å². The average Bonchev–Trinajstić information content (AvgIpc) is 2.98. The summed E-state index contributed by atoms with van der Waals surface area (Å²) in [7, 11) is 0. The molecule has 0 atom stereocenters. The minimum absolute atomic E-state index is 0.162. The second-order valence-corrected chi connectivity index (χ2v) is 4.65. The Morgan fingerprint density at radius 2 is 2.14 bits per heavy atom. The number of nitrogens with zero attached hydrogens (tertiary/aromatic N) is 3. The molecular weight excluding hydrogens is 266 g/mol. The van der Waals surface area contributed by atoms with Crippen molar-refractivity contribution in [1.82, 2.24) is 19.7 Å². The number of hydrogen-bond donors (Lipinski definition) is 2. The molecule has 0 aliphatic rings. The van der Waals surface area contributed by atoms with E-state index >= 15 is 0 Å². The number of nitrogens with one attached hydrogen (secondary N) is 2. The Balaban J connectivity index is 1.84. The summed E-state index contributed by atoms with van der Waals surface area (Å²) in [5, 5.41) is 7.42. The second-order valence-electron chi connectivity index (χ2n) is 4.65. The van der Waals surface area contributed by atoms with Gasteiger partial charge in [-0.2, -0.15) is 5.10 Å². The van der Waals surface area contributed by atoms with Crippen LogP contribution in [-0.2, 0) is 6.54 Å². The lowest BCUT2D eigenvalue weighted by Crippen LogP contribution is -2.12. The third kappa shape index (κ3) is 3.00. The number of benzene rings is 1. The molecule has 1 aromatic carbocycles. The van der Waals surface area contributed by atoms with Gasteiger partial charge in [-0.15, -0.1) is 0 Å².